The summed E-state index contributed by atoms with van der Waals surface area (Å²) in [6, 6.07) is 7.87. The highest BCUT2D eigenvalue weighted by Crippen LogP contribution is 2.22. The maximum Gasteiger partial charge on any atom is 0.221 e. The minimum atomic E-state index is 0.101. The fraction of sp³-hybridized carbons (Fsp3) is 0.278. The smallest absolute Gasteiger partial charge is 0.221 e. The van der Waals surface area contributed by atoms with Crippen molar-refractivity contribution in [3.05, 3.63) is 59.7 Å². The number of nitrogens with zero attached hydrogens (tertiary/aromatic N) is 5. The van der Waals surface area contributed by atoms with E-state index in [1.54, 1.807) is 23.3 Å². The Kier molecular flexibility index (Phi) is 4.83. The lowest BCUT2D eigenvalue weighted by atomic mass is 10.1. The summed E-state index contributed by atoms with van der Waals surface area (Å²) in [6.45, 7) is 6.53. The molecule has 2 aromatic heterocycles. The van der Waals surface area contributed by atoms with Gasteiger partial charge in [0.05, 0.1) is 30.8 Å². The number of aromatic nitrogens is 4. The van der Waals surface area contributed by atoms with Gasteiger partial charge in [-0.15, -0.1) is 0 Å². The summed E-state index contributed by atoms with van der Waals surface area (Å²) in [5.41, 5.74) is 8.63. The fourth-order valence-electron chi connectivity index (χ4n) is 2.47. The Bertz CT molecular complexity index is 864. The molecule has 25 heavy (non-hydrogen) atoms. The number of anilines is 1. The normalized spacial score (nSPS) is 11.5. The molecule has 0 unspecified atom stereocenters. The van der Waals surface area contributed by atoms with Crippen LogP contribution in [0.3, 0.4) is 0 Å². The van der Waals surface area contributed by atoms with Crippen molar-refractivity contribution in [2.24, 2.45) is 5.10 Å². The number of ether oxygens (including phenoxy) is 1. The lowest BCUT2D eigenvalue weighted by molar-refractivity contribution is 0.239. The summed E-state index contributed by atoms with van der Waals surface area (Å²) in [5, 5.41) is 8.63. The van der Waals surface area contributed by atoms with Gasteiger partial charge in [-0.05, 0) is 50.6 Å². The van der Waals surface area contributed by atoms with E-state index in [9.17, 15) is 0 Å². The highest BCUT2D eigenvalue weighted by molar-refractivity contribution is 5.80. The van der Waals surface area contributed by atoms with Gasteiger partial charge in [-0.2, -0.15) is 10.2 Å². The molecule has 0 amide bonds. The topological polar surface area (TPSA) is 83.2 Å². The molecule has 0 atom stereocenters. The number of aryl methyl sites for hydroxylation is 1. The Balaban J connectivity index is 1.88. The van der Waals surface area contributed by atoms with Crippen LogP contribution in [-0.4, -0.2) is 31.8 Å². The number of hydrogen-bond acceptors (Lipinski definition) is 5. The summed E-state index contributed by atoms with van der Waals surface area (Å²) in [5.74, 6) is 1.21. The molecule has 130 valence electrons. The molecule has 0 saturated heterocycles. The van der Waals surface area contributed by atoms with E-state index in [0.717, 1.165) is 22.6 Å². The summed E-state index contributed by atoms with van der Waals surface area (Å²) in [6.07, 6.45) is 7.33. The van der Waals surface area contributed by atoms with E-state index in [4.69, 9.17) is 10.5 Å². The Hall–Kier alpha value is -3.09. The van der Waals surface area contributed by atoms with Gasteiger partial charge in [-0.1, -0.05) is 0 Å². The highest BCUT2D eigenvalue weighted by Gasteiger charge is 2.08. The van der Waals surface area contributed by atoms with E-state index in [-0.39, 0.29) is 6.10 Å². The van der Waals surface area contributed by atoms with Crippen molar-refractivity contribution in [2.45, 2.75) is 33.4 Å². The fourth-order valence-corrected chi connectivity index (χ4v) is 2.47. The van der Waals surface area contributed by atoms with Crippen molar-refractivity contribution in [2.75, 3.05) is 5.73 Å². The molecule has 0 radical (unpaired) electrons. The third-order valence-corrected chi connectivity index (χ3v) is 3.50. The van der Waals surface area contributed by atoms with Gasteiger partial charge in [0.2, 0.25) is 5.95 Å². The summed E-state index contributed by atoms with van der Waals surface area (Å²) >= 11 is 0. The lowest BCUT2D eigenvalue weighted by Gasteiger charge is -2.15. The van der Waals surface area contributed by atoms with Gasteiger partial charge < -0.3 is 10.5 Å². The van der Waals surface area contributed by atoms with Crippen LogP contribution < -0.4 is 10.5 Å². The lowest BCUT2D eigenvalue weighted by Crippen LogP contribution is -2.10. The highest BCUT2D eigenvalue weighted by atomic mass is 16.5. The molecule has 3 aromatic rings. The van der Waals surface area contributed by atoms with E-state index >= 15 is 0 Å². The van der Waals surface area contributed by atoms with E-state index in [1.165, 1.54) is 0 Å². The molecule has 7 nitrogen and oxygen atoms in total. The van der Waals surface area contributed by atoms with Crippen molar-refractivity contribution in [1.29, 1.82) is 0 Å². The van der Waals surface area contributed by atoms with Crippen LogP contribution in [0.15, 0.2) is 48.0 Å². The molecule has 0 saturated carbocycles. The zero-order valence-electron chi connectivity index (χ0n) is 14.6. The molecule has 0 aliphatic rings. The summed E-state index contributed by atoms with van der Waals surface area (Å²) in [4.78, 5) is 4.13. The van der Waals surface area contributed by atoms with Gasteiger partial charge in [0, 0.05) is 18.0 Å². The minimum absolute atomic E-state index is 0.101. The second-order valence-corrected chi connectivity index (χ2v) is 6.07. The van der Waals surface area contributed by atoms with Gasteiger partial charge in [0.1, 0.15) is 5.75 Å². The number of benzene rings is 1. The van der Waals surface area contributed by atoms with E-state index < -0.39 is 0 Å². The van der Waals surface area contributed by atoms with Crippen molar-refractivity contribution < 1.29 is 4.74 Å². The van der Waals surface area contributed by atoms with Crippen molar-refractivity contribution in [1.82, 2.24) is 19.4 Å². The number of rotatable bonds is 6. The van der Waals surface area contributed by atoms with Crippen molar-refractivity contribution >= 4 is 12.2 Å². The molecule has 0 bridgehead atoms. The van der Waals surface area contributed by atoms with Crippen LogP contribution in [0.5, 0.6) is 5.75 Å². The molecule has 0 aliphatic carbocycles. The molecule has 7 heteroatoms. The minimum Gasteiger partial charge on any atom is -0.491 e. The van der Waals surface area contributed by atoms with Crippen LogP contribution in [0.25, 0.3) is 0 Å². The third kappa shape index (κ3) is 4.26. The standard InChI is InChI=1S/C18H22N6O/c1-13(2)25-17-6-5-15(9-16(17)12-23-8-4-7-20-23)10-21-24-11-14(3)22-18(24)19/h4-11,13H,12H2,1-3H3,(H2,19,22). The number of imidazole rings is 1. The van der Waals surface area contributed by atoms with Gasteiger partial charge >= 0.3 is 0 Å². The first-order valence-corrected chi connectivity index (χ1v) is 8.14. The molecule has 1 aromatic carbocycles. The second-order valence-electron chi connectivity index (χ2n) is 6.07. The van der Waals surface area contributed by atoms with Gasteiger partial charge in [0.15, 0.2) is 0 Å². The second kappa shape index (κ2) is 7.21. The predicted octanol–water partition coefficient (Wildman–Crippen LogP) is 2.69. The van der Waals surface area contributed by atoms with E-state index in [1.807, 2.05) is 55.9 Å². The largest absolute Gasteiger partial charge is 0.491 e. The van der Waals surface area contributed by atoms with Crippen molar-refractivity contribution in [3.63, 3.8) is 0 Å². The molecule has 3 rings (SSSR count). The molecule has 0 spiro atoms. The van der Waals surface area contributed by atoms with E-state index in [2.05, 4.69) is 15.2 Å². The average Bonchev–Trinajstić information content (AvgIpc) is 3.16. The first-order valence-electron chi connectivity index (χ1n) is 8.14. The molecule has 2 N–H and O–H groups in total. The maximum atomic E-state index is 5.91. The molecule has 2 heterocycles. The Morgan fingerprint density at radius 1 is 1.36 bits per heavy atom. The average molecular weight is 338 g/mol. The van der Waals surface area contributed by atoms with Crippen molar-refractivity contribution in [3.8, 4) is 5.75 Å². The van der Waals surface area contributed by atoms with Crippen LogP contribution >= 0.6 is 0 Å². The monoisotopic (exact) mass is 338 g/mol. The van der Waals surface area contributed by atoms with Gasteiger partial charge in [-0.3, -0.25) is 4.68 Å². The first kappa shape index (κ1) is 16.8. The summed E-state index contributed by atoms with van der Waals surface area (Å²) < 4.78 is 9.33. The summed E-state index contributed by atoms with van der Waals surface area (Å²) in [7, 11) is 0. The van der Waals surface area contributed by atoms with Crippen LogP contribution in [0.4, 0.5) is 5.95 Å². The zero-order valence-corrected chi connectivity index (χ0v) is 14.6. The molecule has 0 aliphatic heterocycles. The van der Waals surface area contributed by atoms with Gasteiger partial charge in [-0.25, -0.2) is 9.66 Å². The molecular formula is C18H22N6O. The zero-order chi connectivity index (χ0) is 17.8. The predicted molar refractivity (Wildman–Crippen MR) is 97.9 cm³/mol. The Morgan fingerprint density at radius 2 is 2.20 bits per heavy atom. The quantitative estimate of drug-likeness (QED) is 0.701. The third-order valence-electron chi connectivity index (χ3n) is 3.50. The molecular weight excluding hydrogens is 316 g/mol. The Morgan fingerprint density at radius 3 is 2.84 bits per heavy atom. The van der Waals surface area contributed by atoms with Crippen LogP contribution in [0.1, 0.15) is 30.7 Å². The molecule has 0 fully saturated rings. The Labute approximate surface area is 146 Å². The number of hydrogen-bond donors (Lipinski definition) is 1. The number of nitrogens with two attached hydrogens (primary N) is 1. The maximum absolute atomic E-state index is 5.91. The SMILES string of the molecule is Cc1cn(N=Cc2ccc(OC(C)C)c(Cn3cccn3)c2)c(N)n1. The number of nitrogen functional groups attached to an aromatic ring is 1. The van der Waals surface area contributed by atoms with Crippen LogP contribution in [0, 0.1) is 6.92 Å². The first-order chi connectivity index (χ1) is 12.0. The van der Waals surface area contributed by atoms with Crippen LogP contribution in [-0.2, 0) is 6.54 Å². The van der Waals surface area contributed by atoms with E-state index in [0.29, 0.717) is 12.5 Å². The van der Waals surface area contributed by atoms with Gasteiger partial charge in [0.25, 0.3) is 0 Å². The van der Waals surface area contributed by atoms with Crippen LogP contribution in [0.2, 0.25) is 0 Å².